The molecular formula is C16H18BrClFN5O. The van der Waals surface area contributed by atoms with Gasteiger partial charge in [-0.2, -0.15) is 10.1 Å². The fourth-order valence-electron chi connectivity index (χ4n) is 2.55. The molecule has 9 heteroatoms. The van der Waals surface area contributed by atoms with Gasteiger partial charge < -0.3 is 15.0 Å². The Labute approximate surface area is 158 Å². The number of halogens is 3. The van der Waals surface area contributed by atoms with Crippen LogP contribution in [0.3, 0.4) is 0 Å². The van der Waals surface area contributed by atoms with Gasteiger partial charge in [0.2, 0.25) is 5.96 Å². The van der Waals surface area contributed by atoms with Gasteiger partial charge in [0.05, 0.1) is 26.3 Å². The fourth-order valence-corrected chi connectivity index (χ4v) is 3.43. The SMILES string of the molecule is Cc1c(Cl)cc(Br)cc1C/N=N/C1=NC(N2CCOCC2)=C(F)CN1. The smallest absolute Gasteiger partial charge is 0.244 e. The van der Waals surface area contributed by atoms with Crippen molar-refractivity contribution in [2.45, 2.75) is 13.5 Å². The highest BCUT2D eigenvalue weighted by Crippen LogP contribution is 2.25. The van der Waals surface area contributed by atoms with Crippen LogP contribution in [-0.4, -0.2) is 43.7 Å². The van der Waals surface area contributed by atoms with Crippen LogP contribution in [0.2, 0.25) is 5.02 Å². The van der Waals surface area contributed by atoms with Gasteiger partial charge in [-0.1, -0.05) is 27.5 Å². The largest absolute Gasteiger partial charge is 0.378 e. The third-order valence-corrected chi connectivity index (χ3v) is 4.84. The van der Waals surface area contributed by atoms with E-state index in [9.17, 15) is 4.39 Å². The molecule has 0 aliphatic carbocycles. The molecule has 0 radical (unpaired) electrons. The Morgan fingerprint density at radius 3 is 2.92 bits per heavy atom. The molecule has 0 spiro atoms. The normalized spacial score (nSPS) is 18.6. The lowest BCUT2D eigenvalue weighted by molar-refractivity contribution is 0.0515. The fraction of sp³-hybridized carbons (Fsp3) is 0.438. The number of azo groups is 1. The molecule has 3 rings (SSSR count). The van der Waals surface area contributed by atoms with Crippen LogP contribution in [0.15, 0.2) is 43.5 Å². The molecule has 0 aromatic heterocycles. The maximum absolute atomic E-state index is 14.1. The summed E-state index contributed by atoms with van der Waals surface area (Å²) in [5.41, 5.74) is 1.93. The van der Waals surface area contributed by atoms with E-state index in [1.165, 1.54) is 0 Å². The average molecular weight is 431 g/mol. The van der Waals surface area contributed by atoms with Gasteiger partial charge in [-0.25, -0.2) is 4.39 Å². The van der Waals surface area contributed by atoms with Crippen LogP contribution in [0.5, 0.6) is 0 Å². The summed E-state index contributed by atoms with van der Waals surface area (Å²) in [6.45, 7) is 4.74. The number of nitrogens with one attached hydrogen (secondary N) is 1. The van der Waals surface area contributed by atoms with E-state index < -0.39 is 0 Å². The monoisotopic (exact) mass is 429 g/mol. The molecule has 0 bridgehead atoms. The van der Waals surface area contributed by atoms with E-state index in [-0.39, 0.29) is 12.4 Å². The predicted molar refractivity (Wildman–Crippen MR) is 98.4 cm³/mol. The van der Waals surface area contributed by atoms with Crippen molar-refractivity contribution in [3.8, 4) is 0 Å². The zero-order chi connectivity index (χ0) is 17.8. The van der Waals surface area contributed by atoms with Crippen LogP contribution in [0.4, 0.5) is 4.39 Å². The topological polar surface area (TPSA) is 61.6 Å². The number of guanidine groups is 1. The zero-order valence-corrected chi connectivity index (χ0v) is 16.1. The average Bonchev–Trinajstić information content (AvgIpc) is 2.61. The van der Waals surface area contributed by atoms with Crippen LogP contribution < -0.4 is 5.32 Å². The minimum absolute atomic E-state index is 0.0618. The third kappa shape index (κ3) is 4.56. The summed E-state index contributed by atoms with van der Waals surface area (Å²) < 4.78 is 20.2. The Bertz CT molecular complexity index is 746. The Balaban J connectivity index is 1.71. The highest BCUT2D eigenvalue weighted by Gasteiger charge is 2.21. The first kappa shape index (κ1) is 18.3. The van der Waals surface area contributed by atoms with Gasteiger partial charge in [-0.05, 0) is 30.2 Å². The second-order valence-corrected chi connectivity index (χ2v) is 7.01. The molecule has 1 N–H and O–H groups in total. The zero-order valence-electron chi connectivity index (χ0n) is 13.7. The summed E-state index contributed by atoms with van der Waals surface area (Å²) in [7, 11) is 0. The van der Waals surface area contributed by atoms with Gasteiger partial charge in [0.25, 0.3) is 0 Å². The molecule has 0 saturated carbocycles. The Hall–Kier alpha value is -1.51. The molecule has 2 aliphatic heterocycles. The number of morpholine rings is 1. The number of hydrogen-bond acceptors (Lipinski definition) is 6. The van der Waals surface area contributed by atoms with Gasteiger partial charge >= 0.3 is 0 Å². The highest BCUT2D eigenvalue weighted by atomic mass is 79.9. The number of nitrogens with zero attached hydrogens (tertiary/aromatic N) is 4. The van der Waals surface area contributed by atoms with Gasteiger partial charge in [0.1, 0.15) is 0 Å². The van der Waals surface area contributed by atoms with Crippen LogP contribution in [0.1, 0.15) is 11.1 Å². The van der Waals surface area contributed by atoms with E-state index in [1.54, 1.807) is 0 Å². The predicted octanol–water partition coefficient (Wildman–Crippen LogP) is 3.79. The summed E-state index contributed by atoms with van der Waals surface area (Å²) >= 11 is 9.58. The maximum Gasteiger partial charge on any atom is 0.244 e. The standard InChI is InChI=1S/C16H18BrClFN5O/c1-10-11(6-12(17)7-13(10)18)8-21-23-16-20-9-14(19)15(22-16)24-2-4-25-5-3-24/h6-7H,2-5,8-9H2,1H3,(H,20,22)/b23-21+. The Morgan fingerprint density at radius 2 is 2.16 bits per heavy atom. The molecule has 2 aliphatic rings. The molecule has 1 saturated heterocycles. The van der Waals surface area contributed by atoms with Crippen molar-refractivity contribution in [1.29, 1.82) is 0 Å². The summed E-state index contributed by atoms with van der Waals surface area (Å²) in [5.74, 6) is 0.329. The van der Waals surface area contributed by atoms with E-state index >= 15 is 0 Å². The Morgan fingerprint density at radius 1 is 1.40 bits per heavy atom. The van der Waals surface area contributed by atoms with Crippen molar-refractivity contribution in [3.05, 3.63) is 44.4 Å². The van der Waals surface area contributed by atoms with E-state index in [2.05, 4.69) is 36.5 Å². The molecule has 0 atom stereocenters. The third-order valence-electron chi connectivity index (χ3n) is 3.99. The van der Waals surface area contributed by atoms with Gasteiger partial charge in [-0.15, -0.1) is 5.11 Å². The number of aliphatic imine (C=N–C) groups is 1. The van der Waals surface area contributed by atoms with Crippen molar-refractivity contribution >= 4 is 33.5 Å². The van der Waals surface area contributed by atoms with Gasteiger partial charge in [-0.3, -0.25) is 0 Å². The second kappa shape index (κ2) is 8.25. The minimum atomic E-state index is -0.296. The lowest BCUT2D eigenvalue weighted by Gasteiger charge is -2.30. The number of hydrogen-bond donors (Lipinski definition) is 1. The number of ether oxygens (including phenoxy) is 1. The summed E-state index contributed by atoms with van der Waals surface area (Å²) in [6.07, 6.45) is 0. The van der Waals surface area contributed by atoms with Crippen LogP contribution >= 0.6 is 27.5 Å². The van der Waals surface area contributed by atoms with E-state index in [0.717, 1.165) is 15.6 Å². The first-order chi connectivity index (χ1) is 12.0. The van der Waals surface area contributed by atoms with Crippen molar-refractivity contribution in [2.24, 2.45) is 15.2 Å². The highest BCUT2D eigenvalue weighted by molar-refractivity contribution is 9.10. The molecule has 25 heavy (non-hydrogen) atoms. The lowest BCUT2D eigenvalue weighted by atomic mass is 10.1. The number of rotatable bonds is 3. The van der Waals surface area contributed by atoms with Crippen LogP contribution in [0, 0.1) is 6.92 Å². The molecule has 6 nitrogen and oxygen atoms in total. The molecule has 1 aromatic rings. The number of benzene rings is 1. The molecule has 1 aromatic carbocycles. The summed E-state index contributed by atoms with van der Waals surface area (Å²) in [4.78, 5) is 6.13. The van der Waals surface area contributed by atoms with Crippen LogP contribution in [0.25, 0.3) is 0 Å². The lowest BCUT2D eigenvalue weighted by Crippen LogP contribution is -2.39. The first-order valence-electron chi connectivity index (χ1n) is 7.90. The molecule has 134 valence electrons. The molecule has 1 fully saturated rings. The molecule has 0 unspecified atom stereocenters. The molecule has 2 heterocycles. The quantitative estimate of drug-likeness (QED) is 0.742. The van der Waals surface area contributed by atoms with E-state index in [1.807, 2.05) is 24.0 Å². The van der Waals surface area contributed by atoms with Gasteiger partial charge in [0.15, 0.2) is 11.6 Å². The van der Waals surface area contributed by atoms with E-state index in [0.29, 0.717) is 49.7 Å². The maximum atomic E-state index is 14.1. The summed E-state index contributed by atoms with van der Waals surface area (Å²) in [5, 5.41) is 11.8. The molecule has 0 amide bonds. The molecular weight excluding hydrogens is 413 g/mol. The van der Waals surface area contributed by atoms with Crippen molar-refractivity contribution in [2.75, 3.05) is 32.8 Å². The minimum Gasteiger partial charge on any atom is -0.378 e. The van der Waals surface area contributed by atoms with Crippen molar-refractivity contribution in [3.63, 3.8) is 0 Å². The first-order valence-corrected chi connectivity index (χ1v) is 9.07. The van der Waals surface area contributed by atoms with Crippen molar-refractivity contribution in [1.82, 2.24) is 10.2 Å². The Kier molecular flexibility index (Phi) is 6.03. The summed E-state index contributed by atoms with van der Waals surface area (Å²) in [6, 6.07) is 3.79. The van der Waals surface area contributed by atoms with Gasteiger partial charge in [0, 0.05) is 22.6 Å². The van der Waals surface area contributed by atoms with E-state index in [4.69, 9.17) is 16.3 Å². The van der Waals surface area contributed by atoms with Crippen molar-refractivity contribution < 1.29 is 9.13 Å². The van der Waals surface area contributed by atoms with Crippen LogP contribution in [-0.2, 0) is 11.3 Å². The second-order valence-electron chi connectivity index (χ2n) is 5.69.